The first-order chi connectivity index (χ1) is 26.2. The minimum atomic E-state index is 0.578. The summed E-state index contributed by atoms with van der Waals surface area (Å²) in [4.78, 5) is 20.4. The van der Waals surface area contributed by atoms with Gasteiger partial charge in [0.15, 0.2) is 0 Å². The van der Waals surface area contributed by atoms with Crippen molar-refractivity contribution in [3.05, 3.63) is 164 Å². The number of thiophene rings is 1. The molecule has 7 nitrogen and oxygen atoms in total. The average Bonchev–Trinajstić information content (AvgIpc) is 3.89. The van der Waals surface area contributed by atoms with Crippen molar-refractivity contribution >= 4 is 110 Å². The third kappa shape index (κ3) is 4.84. The molecule has 0 radical (unpaired) electrons. The molecular formula is C45H27N5O2S. The van der Waals surface area contributed by atoms with Crippen LogP contribution in [-0.4, -0.2) is 15.0 Å². The van der Waals surface area contributed by atoms with Crippen molar-refractivity contribution in [2.24, 2.45) is 0 Å². The van der Waals surface area contributed by atoms with Crippen LogP contribution in [0.3, 0.4) is 0 Å². The number of aromatic nitrogens is 3. The van der Waals surface area contributed by atoms with Crippen molar-refractivity contribution in [2.45, 2.75) is 0 Å². The molecule has 8 heteroatoms. The van der Waals surface area contributed by atoms with Gasteiger partial charge in [-0.15, -0.1) is 11.3 Å². The first kappa shape index (κ1) is 29.7. The van der Waals surface area contributed by atoms with Crippen LogP contribution in [0.2, 0.25) is 0 Å². The zero-order valence-electron chi connectivity index (χ0n) is 28.0. The van der Waals surface area contributed by atoms with Gasteiger partial charge in [0.1, 0.15) is 27.2 Å². The molecule has 0 aliphatic carbocycles. The van der Waals surface area contributed by atoms with Crippen LogP contribution in [0.1, 0.15) is 0 Å². The van der Waals surface area contributed by atoms with Crippen molar-refractivity contribution in [1.29, 1.82) is 0 Å². The van der Waals surface area contributed by atoms with Gasteiger partial charge in [0.2, 0.25) is 5.95 Å². The maximum atomic E-state index is 6.16. The molecule has 11 rings (SSSR count). The number of fused-ring (bicyclic) bond motifs is 9. The third-order valence-electron chi connectivity index (χ3n) is 9.77. The Hall–Kier alpha value is -7.03. The molecule has 0 atom stereocenters. The summed E-state index contributed by atoms with van der Waals surface area (Å²) in [5.41, 5.74) is 9.21. The minimum Gasteiger partial charge on any atom is -0.456 e. The summed E-state index contributed by atoms with van der Waals surface area (Å²) in [7, 11) is 0. The highest BCUT2D eigenvalue weighted by Crippen LogP contribution is 2.42. The molecule has 0 spiro atoms. The second kappa shape index (κ2) is 11.8. The summed E-state index contributed by atoms with van der Waals surface area (Å²) >= 11 is 1.62. The van der Waals surface area contributed by atoms with Gasteiger partial charge in [-0.05, 0) is 78.9 Å². The lowest BCUT2D eigenvalue weighted by Crippen LogP contribution is -2.13. The number of furan rings is 2. The van der Waals surface area contributed by atoms with E-state index in [0.29, 0.717) is 5.95 Å². The van der Waals surface area contributed by atoms with Crippen LogP contribution in [0.5, 0.6) is 0 Å². The summed E-state index contributed by atoms with van der Waals surface area (Å²) in [5, 5.41) is 5.19. The minimum absolute atomic E-state index is 0.578. The molecule has 0 bridgehead atoms. The highest BCUT2D eigenvalue weighted by Gasteiger charge is 2.21. The number of hydrogen-bond acceptors (Lipinski definition) is 8. The van der Waals surface area contributed by atoms with Crippen LogP contribution in [0, 0.1) is 0 Å². The average molecular weight is 702 g/mol. The summed E-state index contributed by atoms with van der Waals surface area (Å²) in [6, 6.07) is 51.7. The Kier molecular flexibility index (Phi) is 6.59. The summed E-state index contributed by atoms with van der Waals surface area (Å²) in [6.45, 7) is 0. The quantitative estimate of drug-likeness (QED) is 0.171. The number of benzene rings is 6. The van der Waals surface area contributed by atoms with Gasteiger partial charge in [0, 0.05) is 50.5 Å². The molecule has 0 unspecified atom stereocenters. The number of nitrogens with zero attached hydrogens (tertiary/aromatic N) is 5. The van der Waals surface area contributed by atoms with Crippen molar-refractivity contribution in [3.63, 3.8) is 0 Å². The Morgan fingerprint density at radius 1 is 0.415 bits per heavy atom. The predicted octanol–water partition coefficient (Wildman–Crippen LogP) is 13.0. The second-order valence-corrected chi connectivity index (χ2v) is 14.0. The van der Waals surface area contributed by atoms with Crippen molar-refractivity contribution in [3.8, 4) is 0 Å². The van der Waals surface area contributed by atoms with E-state index in [4.69, 9.17) is 23.8 Å². The van der Waals surface area contributed by atoms with E-state index in [-0.39, 0.29) is 0 Å². The second-order valence-electron chi connectivity index (χ2n) is 12.9. The Morgan fingerprint density at radius 3 is 1.60 bits per heavy atom. The van der Waals surface area contributed by atoms with Crippen LogP contribution in [-0.2, 0) is 0 Å². The smallest absolute Gasteiger partial charge is 0.235 e. The van der Waals surface area contributed by atoms with E-state index in [1.807, 2.05) is 85.2 Å². The largest absolute Gasteiger partial charge is 0.456 e. The Labute approximate surface area is 306 Å². The number of rotatable bonds is 6. The van der Waals surface area contributed by atoms with Gasteiger partial charge in [-0.2, -0.15) is 0 Å². The van der Waals surface area contributed by atoms with Gasteiger partial charge >= 0.3 is 0 Å². The molecule has 5 aromatic heterocycles. The zero-order chi connectivity index (χ0) is 34.9. The molecular weight excluding hydrogens is 675 g/mol. The predicted molar refractivity (Wildman–Crippen MR) is 217 cm³/mol. The lowest BCUT2D eigenvalue weighted by molar-refractivity contribution is 0.668. The van der Waals surface area contributed by atoms with E-state index in [9.17, 15) is 0 Å². The van der Waals surface area contributed by atoms with Gasteiger partial charge in [0.05, 0.1) is 27.5 Å². The van der Waals surface area contributed by atoms with E-state index in [1.165, 1.54) is 0 Å². The van der Waals surface area contributed by atoms with Gasteiger partial charge in [-0.1, -0.05) is 72.8 Å². The van der Waals surface area contributed by atoms with Crippen LogP contribution >= 0.6 is 11.3 Å². The van der Waals surface area contributed by atoms with Crippen molar-refractivity contribution < 1.29 is 8.83 Å². The summed E-state index contributed by atoms with van der Waals surface area (Å²) in [6.07, 6.45) is 3.84. The molecule has 0 amide bonds. The Bertz CT molecular complexity index is 2940. The van der Waals surface area contributed by atoms with Gasteiger partial charge in [-0.3, -0.25) is 9.88 Å². The van der Waals surface area contributed by atoms with E-state index in [0.717, 1.165) is 92.7 Å². The highest BCUT2D eigenvalue weighted by atomic mass is 32.1. The number of para-hydroxylation sites is 4. The fourth-order valence-electron chi connectivity index (χ4n) is 7.33. The topological polar surface area (TPSA) is 71.4 Å². The molecule has 53 heavy (non-hydrogen) atoms. The lowest BCUT2D eigenvalue weighted by Gasteiger charge is -2.25. The molecule has 11 aromatic rings. The van der Waals surface area contributed by atoms with Crippen LogP contribution in [0.4, 0.5) is 34.4 Å². The lowest BCUT2D eigenvalue weighted by atomic mass is 10.1. The monoisotopic (exact) mass is 701 g/mol. The van der Waals surface area contributed by atoms with Crippen LogP contribution < -0.4 is 9.80 Å². The fraction of sp³-hybridized carbons (Fsp3) is 0. The SMILES string of the molecule is c1ccc(N(c2cnc3c(c2)sc2nc(N(c4ccccc4)c4ccc5oc6ccccc6c5c4)ncc23)c2ccc3oc4ccccc4c3c2)cc1. The summed E-state index contributed by atoms with van der Waals surface area (Å²) in [5.74, 6) is 0.578. The maximum Gasteiger partial charge on any atom is 0.235 e. The van der Waals surface area contributed by atoms with E-state index in [2.05, 4.69) is 88.7 Å². The first-order valence-electron chi connectivity index (χ1n) is 17.3. The molecule has 0 aliphatic rings. The molecule has 0 N–H and O–H groups in total. The fourth-order valence-corrected chi connectivity index (χ4v) is 8.37. The Morgan fingerprint density at radius 2 is 0.962 bits per heavy atom. The highest BCUT2D eigenvalue weighted by molar-refractivity contribution is 7.25. The number of anilines is 6. The third-order valence-corrected chi connectivity index (χ3v) is 10.8. The zero-order valence-corrected chi connectivity index (χ0v) is 28.9. The normalized spacial score (nSPS) is 11.8. The van der Waals surface area contributed by atoms with Gasteiger partial charge in [-0.25, -0.2) is 9.97 Å². The van der Waals surface area contributed by atoms with Crippen LogP contribution in [0.25, 0.3) is 64.3 Å². The molecule has 5 heterocycles. The molecule has 0 saturated heterocycles. The van der Waals surface area contributed by atoms with Gasteiger partial charge < -0.3 is 13.7 Å². The number of hydrogen-bond donors (Lipinski definition) is 0. The first-order valence-corrected chi connectivity index (χ1v) is 18.2. The molecule has 250 valence electrons. The maximum absolute atomic E-state index is 6.16. The van der Waals surface area contributed by atoms with Crippen LogP contribution in [0.15, 0.2) is 173 Å². The molecule has 0 aliphatic heterocycles. The number of pyridine rings is 1. The molecule has 0 fully saturated rings. The van der Waals surface area contributed by atoms with Gasteiger partial charge in [0.25, 0.3) is 0 Å². The molecule has 6 aromatic carbocycles. The van der Waals surface area contributed by atoms with E-state index < -0.39 is 0 Å². The standard InChI is InChI=1S/C45H27N5O2S/c1-3-11-28(12-4-1)49(30-19-21-40-35(23-30)33-15-7-9-17-38(33)51-40)32-25-42-43(46-26-32)37-27-47-45(48-44(37)53-42)50(29-13-5-2-6-14-29)31-20-22-41-36(24-31)34-16-8-10-18-39(34)52-41/h1-27H. The van der Waals surface area contributed by atoms with Crippen molar-refractivity contribution in [2.75, 3.05) is 9.80 Å². The molecule has 0 saturated carbocycles. The summed E-state index contributed by atoms with van der Waals surface area (Å²) < 4.78 is 13.3. The van der Waals surface area contributed by atoms with E-state index in [1.54, 1.807) is 11.3 Å². The Balaban J connectivity index is 1.04. The van der Waals surface area contributed by atoms with Crippen molar-refractivity contribution in [1.82, 2.24) is 15.0 Å². The van der Waals surface area contributed by atoms with E-state index >= 15 is 0 Å².